The molecule has 2 aliphatic heterocycles. The lowest BCUT2D eigenvalue weighted by molar-refractivity contribution is 0.0980. The van der Waals surface area contributed by atoms with Gasteiger partial charge < -0.3 is 0 Å². The molecule has 2 unspecified atom stereocenters. The Morgan fingerprint density at radius 1 is 1.17 bits per heavy atom. The quantitative estimate of drug-likeness (QED) is 0.566. The molecular formula is C19H17ClN2O. The molecule has 1 spiro atoms. The lowest BCUT2D eigenvalue weighted by Gasteiger charge is -2.28. The highest BCUT2D eigenvalue weighted by Crippen LogP contribution is 2.53. The molecule has 2 heterocycles. The molecule has 4 rings (SSSR count). The smallest absolute Gasteiger partial charge is 0.259 e. The van der Waals surface area contributed by atoms with Gasteiger partial charge in [-0.25, -0.2) is 0 Å². The van der Waals surface area contributed by atoms with Gasteiger partial charge in [-0.05, 0) is 38.0 Å². The molecule has 1 amide bonds. The summed E-state index contributed by atoms with van der Waals surface area (Å²) in [6.45, 7) is 2.03. The van der Waals surface area contributed by atoms with E-state index < -0.39 is 11.0 Å². The SMILES string of the molecule is CC1=NC2(CC1)c1ccccc1N(C(=O)c1ccccc1)C2Cl. The average molecular weight is 325 g/mol. The zero-order valence-electron chi connectivity index (χ0n) is 12.9. The second kappa shape index (κ2) is 5.20. The summed E-state index contributed by atoms with van der Waals surface area (Å²) in [5.41, 5.74) is 2.67. The summed E-state index contributed by atoms with van der Waals surface area (Å²) in [5, 5.41) is 0. The van der Waals surface area contributed by atoms with Crippen LogP contribution in [0, 0.1) is 0 Å². The van der Waals surface area contributed by atoms with Crippen LogP contribution in [0.2, 0.25) is 0 Å². The number of para-hydroxylation sites is 1. The van der Waals surface area contributed by atoms with Gasteiger partial charge >= 0.3 is 0 Å². The minimum atomic E-state index is -0.507. The zero-order chi connectivity index (χ0) is 16.0. The summed E-state index contributed by atoms with van der Waals surface area (Å²) < 4.78 is 0. The van der Waals surface area contributed by atoms with E-state index in [1.54, 1.807) is 4.90 Å². The topological polar surface area (TPSA) is 32.7 Å². The van der Waals surface area contributed by atoms with E-state index in [0.29, 0.717) is 5.56 Å². The first-order valence-corrected chi connectivity index (χ1v) is 8.25. The summed E-state index contributed by atoms with van der Waals surface area (Å²) in [7, 11) is 0. The van der Waals surface area contributed by atoms with Gasteiger partial charge in [-0.1, -0.05) is 48.0 Å². The molecule has 23 heavy (non-hydrogen) atoms. The predicted octanol–water partition coefficient (Wildman–Crippen LogP) is 4.36. The number of fused-ring (bicyclic) bond motifs is 2. The maximum Gasteiger partial charge on any atom is 0.259 e. The number of anilines is 1. The van der Waals surface area contributed by atoms with Crippen LogP contribution in [0.4, 0.5) is 5.69 Å². The van der Waals surface area contributed by atoms with Gasteiger partial charge in [-0.3, -0.25) is 14.7 Å². The van der Waals surface area contributed by atoms with Crippen LogP contribution in [0.3, 0.4) is 0 Å². The standard InChI is InChI=1S/C19H17ClN2O/c1-13-11-12-19(21-13)15-9-5-6-10-16(15)22(18(19)20)17(23)14-7-3-2-4-8-14/h2-10,18H,11-12H2,1H3. The summed E-state index contributed by atoms with van der Waals surface area (Å²) in [4.78, 5) is 19.6. The van der Waals surface area contributed by atoms with Crippen molar-refractivity contribution >= 4 is 28.9 Å². The number of alkyl halides is 1. The Labute approximate surface area is 140 Å². The van der Waals surface area contributed by atoms with Crippen LogP contribution in [0.5, 0.6) is 0 Å². The second-order valence-electron chi connectivity index (χ2n) is 6.17. The monoisotopic (exact) mass is 324 g/mol. The fourth-order valence-electron chi connectivity index (χ4n) is 3.64. The number of nitrogens with zero attached hydrogens (tertiary/aromatic N) is 2. The van der Waals surface area contributed by atoms with Crippen molar-refractivity contribution in [2.75, 3.05) is 4.90 Å². The molecule has 4 heteroatoms. The number of hydrogen-bond acceptors (Lipinski definition) is 2. The Morgan fingerprint density at radius 2 is 1.87 bits per heavy atom. The van der Waals surface area contributed by atoms with E-state index in [4.69, 9.17) is 16.6 Å². The Hall–Kier alpha value is -2.13. The van der Waals surface area contributed by atoms with Gasteiger partial charge in [0.25, 0.3) is 5.91 Å². The molecule has 0 radical (unpaired) electrons. The molecule has 0 fully saturated rings. The second-order valence-corrected chi connectivity index (χ2v) is 6.58. The van der Waals surface area contributed by atoms with Crippen LogP contribution in [0.15, 0.2) is 59.6 Å². The molecular weight excluding hydrogens is 308 g/mol. The van der Waals surface area contributed by atoms with E-state index in [-0.39, 0.29) is 5.91 Å². The third-order valence-electron chi connectivity index (χ3n) is 4.75. The van der Waals surface area contributed by atoms with Crippen molar-refractivity contribution in [3.63, 3.8) is 0 Å². The van der Waals surface area contributed by atoms with Gasteiger partial charge in [0.15, 0.2) is 0 Å². The Kier molecular flexibility index (Phi) is 3.27. The minimum Gasteiger partial charge on any atom is -0.288 e. The highest BCUT2D eigenvalue weighted by Gasteiger charge is 2.53. The van der Waals surface area contributed by atoms with E-state index in [0.717, 1.165) is 29.8 Å². The molecule has 2 atom stereocenters. The van der Waals surface area contributed by atoms with E-state index in [1.165, 1.54) is 0 Å². The molecule has 0 N–H and O–H groups in total. The number of halogens is 1. The Bertz CT molecular complexity index is 802. The third kappa shape index (κ3) is 2.03. The highest BCUT2D eigenvalue weighted by atomic mass is 35.5. The van der Waals surface area contributed by atoms with Gasteiger partial charge in [0.1, 0.15) is 11.0 Å². The molecule has 0 bridgehead atoms. The van der Waals surface area contributed by atoms with E-state index in [2.05, 4.69) is 0 Å². The van der Waals surface area contributed by atoms with E-state index in [9.17, 15) is 4.79 Å². The number of amides is 1. The minimum absolute atomic E-state index is 0.0744. The van der Waals surface area contributed by atoms with Crippen molar-refractivity contribution < 1.29 is 4.79 Å². The van der Waals surface area contributed by atoms with Gasteiger partial charge in [-0.15, -0.1) is 0 Å². The molecule has 2 aromatic rings. The third-order valence-corrected chi connectivity index (χ3v) is 5.30. The number of benzene rings is 2. The lowest BCUT2D eigenvalue weighted by atomic mass is 9.90. The van der Waals surface area contributed by atoms with Crippen LogP contribution in [-0.2, 0) is 5.54 Å². The van der Waals surface area contributed by atoms with Gasteiger partial charge in [0.05, 0.1) is 5.69 Å². The largest absolute Gasteiger partial charge is 0.288 e. The van der Waals surface area contributed by atoms with Crippen molar-refractivity contribution in [1.29, 1.82) is 0 Å². The normalized spacial score (nSPS) is 25.6. The fourth-order valence-corrected chi connectivity index (χ4v) is 4.11. The van der Waals surface area contributed by atoms with Crippen molar-refractivity contribution in [3.05, 3.63) is 65.7 Å². The first-order chi connectivity index (χ1) is 11.1. The summed E-state index contributed by atoms with van der Waals surface area (Å²) in [6, 6.07) is 17.2. The molecule has 3 nitrogen and oxygen atoms in total. The van der Waals surface area contributed by atoms with Crippen molar-refractivity contribution in [2.45, 2.75) is 30.8 Å². The average Bonchev–Trinajstić information content (AvgIpc) is 3.09. The fraction of sp³-hybridized carbons (Fsp3) is 0.263. The van der Waals surface area contributed by atoms with Crippen molar-refractivity contribution in [1.82, 2.24) is 0 Å². The molecule has 0 aliphatic carbocycles. The summed E-state index contributed by atoms with van der Waals surface area (Å²) >= 11 is 6.81. The maximum absolute atomic E-state index is 13.0. The van der Waals surface area contributed by atoms with Crippen LogP contribution in [0.25, 0.3) is 0 Å². The predicted molar refractivity (Wildman–Crippen MR) is 93.4 cm³/mol. The van der Waals surface area contributed by atoms with Crippen molar-refractivity contribution in [3.8, 4) is 0 Å². The Balaban J connectivity index is 1.85. The maximum atomic E-state index is 13.0. The number of carbonyl (C=O) groups excluding carboxylic acids is 1. The van der Waals surface area contributed by atoms with E-state index in [1.807, 2.05) is 61.5 Å². The first kappa shape index (κ1) is 14.5. The van der Waals surface area contributed by atoms with E-state index >= 15 is 0 Å². The first-order valence-electron chi connectivity index (χ1n) is 7.81. The van der Waals surface area contributed by atoms with Gasteiger partial charge in [0.2, 0.25) is 0 Å². The number of rotatable bonds is 1. The lowest BCUT2D eigenvalue weighted by Crippen LogP contribution is -2.42. The zero-order valence-corrected chi connectivity index (χ0v) is 13.6. The van der Waals surface area contributed by atoms with Crippen LogP contribution in [0.1, 0.15) is 35.7 Å². The molecule has 0 saturated heterocycles. The number of aliphatic imine (C=N–C) groups is 1. The van der Waals surface area contributed by atoms with Crippen LogP contribution in [-0.4, -0.2) is 17.1 Å². The van der Waals surface area contributed by atoms with Gasteiger partial charge in [-0.2, -0.15) is 0 Å². The highest BCUT2D eigenvalue weighted by molar-refractivity contribution is 6.28. The Morgan fingerprint density at radius 3 is 2.57 bits per heavy atom. The number of carbonyl (C=O) groups is 1. The molecule has 2 aromatic carbocycles. The summed E-state index contributed by atoms with van der Waals surface area (Å²) in [6.07, 6.45) is 1.77. The van der Waals surface area contributed by atoms with Crippen molar-refractivity contribution in [2.24, 2.45) is 4.99 Å². The molecule has 0 aromatic heterocycles. The molecule has 116 valence electrons. The van der Waals surface area contributed by atoms with Crippen LogP contribution >= 0.6 is 11.6 Å². The number of hydrogen-bond donors (Lipinski definition) is 0. The van der Waals surface area contributed by atoms with Gasteiger partial charge in [0, 0.05) is 16.8 Å². The summed E-state index contributed by atoms with van der Waals surface area (Å²) in [5.74, 6) is -0.0744. The molecule has 2 aliphatic rings. The molecule has 0 saturated carbocycles. The van der Waals surface area contributed by atoms with Crippen LogP contribution < -0.4 is 4.90 Å².